The van der Waals surface area contributed by atoms with Crippen LogP contribution in [0.1, 0.15) is 13.3 Å². The van der Waals surface area contributed by atoms with Crippen molar-refractivity contribution in [2.75, 3.05) is 19.7 Å². The molecule has 0 unspecified atom stereocenters. The fraction of sp³-hybridized carbons (Fsp3) is 1.00. The summed E-state index contributed by atoms with van der Waals surface area (Å²) in [5.41, 5.74) is 29.3. The zero-order chi connectivity index (χ0) is 27.6. The van der Waals surface area contributed by atoms with Crippen LogP contribution in [-0.4, -0.2) is 148 Å². The van der Waals surface area contributed by atoms with Crippen LogP contribution >= 0.6 is 0 Å². The molecular weight excluding hydrogens is 498 g/mol. The second-order valence-electron chi connectivity index (χ2n) is 9.97. The third-order valence-corrected chi connectivity index (χ3v) is 7.15. The predicted molar refractivity (Wildman–Crippen MR) is 125 cm³/mol. The van der Waals surface area contributed by atoms with E-state index >= 15 is 0 Å². The second-order valence-corrected chi connectivity index (χ2v) is 9.97. The van der Waals surface area contributed by atoms with Crippen LogP contribution in [0.15, 0.2) is 0 Å². The number of aliphatic hydroxyl groups is 6. The molecule has 16 N–H and O–H groups in total. The van der Waals surface area contributed by atoms with Crippen LogP contribution in [0, 0.1) is 0 Å². The summed E-state index contributed by atoms with van der Waals surface area (Å²) in [7, 11) is 0. The highest BCUT2D eigenvalue weighted by Gasteiger charge is 2.51. The number of hydrogen-bond donors (Lipinski definition) is 11. The van der Waals surface area contributed by atoms with Gasteiger partial charge >= 0.3 is 0 Å². The van der Waals surface area contributed by atoms with Gasteiger partial charge in [0.1, 0.15) is 54.9 Å². The Morgan fingerprint density at radius 1 is 0.784 bits per heavy atom. The van der Waals surface area contributed by atoms with Gasteiger partial charge in [-0.2, -0.15) is 0 Å². The standard InChI is InChI=1S/C21H43N5O11/c1-6-17(33-5-7(27)3-22)14(30)15(31)21(34-6)37-19-9(25)2-8(24)18(16(19)32)36-20-11(26)13(29)12(28)10(4-23)35-20/h6-21,27-32H,2-5,22-26H2,1H3/t6-,7-,8+,9-,10-,11-,12-,13-,14-,15-,16+,17-,18-,19+,20-,21-/m1/s1. The molecule has 2 heterocycles. The number of nitrogens with two attached hydrogens (primary N) is 5. The summed E-state index contributed by atoms with van der Waals surface area (Å²) in [6.07, 6.45) is -15.6. The molecule has 3 aliphatic rings. The quantitative estimate of drug-likeness (QED) is 0.129. The lowest BCUT2D eigenvalue weighted by Gasteiger charge is -2.48. The van der Waals surface area contributed by atoms with E-state index in [9.17, 15) is 30.6 Å². The minimum Gasteiger partial charge on any atom is -0.389 e. The first kappa shape index (κ1) is 30.9. The van der Waals surface area contributed by atoms with E-state index in [1.54, 1.807) is 6.92 Å². The molecule has 0 aromatic carbocycles. The lowest BCUT2D eigenvalue weighted by Crippen LogP contribution is -2.68. The zero-order valence-corrected chi connectivity index (χ0v) is 20.7. The van der Waals surface area contributed by atoms with Gasteiger partial charge in [-0.3, -0.25) is 0 Å². The first-order valence-electron chi connectivity index (χ1n) is 12.4. The average molecular weight is 542 g/mol. The van der Waals surface area contributed by atoms with E-state index in [0.717, 1.165) is 0 Å². The maximum Gasteiger partial charge on any atom is 0.187 e. The van der Waals surface area contributed by atoms with Crippen molar-refractivity contribution in [1.82, 2.24) is 0 Å². The molecule has 0 radical (unpaired) electrons. The van der Waals surface area contributed by atoms with Gasteiger partial charge in [0.25, 0.3) is 0 Å². The Bertz CT molecular complexity index is 714. The van der Waals surface area contributed by atoms with E-state index in [4.69, 9.17) is 52.4 Å². The zero-order valence-electron chi connectivity index (χ0n) is 20.7. The van der Waals surface area contributed by atoms with Crippen molar-refractivity contribution in [2.24, 2.45) is 28.7 Å². The average Bonchev–Trinajstić information content (AvgIpc) is 2.86. The summed E-state index contributed by atoms with van der Waals surface area (Å²) in [5, 5.41) is 62.2. The maximum atomic E-state index is 11.1. The molecule has 2 saturated heterocycles. The van der Waals surface area contributed by atoms with Crippen molar-refractivity contribution in [3.63, 3.8) is 0 Å². The first-order valence-corrected chi connectivity index (χ1v) is 12.4. The van der Waals surface area contributed by atoms with Crippen LogP contribution in [0.2, 0.25) is 0 Å². The van der Waals surface area contributed by atoms with Crippen LogP contribution in [0.4, 0.5) is 0 Å². The predicted octanol–water partition coefficient (Wildman–Crippen LogP) is -6.92. The number of hydrogen-bond acceptors (Lipinski definition) is 16. The fourth-order valence-electron chi connectivity index (χ4n) is 4.86. The number of aliphatic hydroxyl groups excluding tert-OH is 6. The van der Waals surface area contributed by atoms with Crippen LogP contribution in [-0.2, 0) is 23.7 Å². The molecule has 0 spiro atoms. The van der Waals surface area contributed by atoms with E-state index in [2.05, 4.69) is 0 Å². The number of rotatable bonds is 9. The smallest absolute Gasteiger partial charge is 0.187 e. The summed E-state index contributed by atoms with van der Waals surface area (Å²) in [6, 6.07) is -2.75. The van der Waals surface area contributed by atoms with E-state index in [1.165, 1.54) is 0 Å². The fourth-order valence-corrected chi connectivity index (χ4v) is 4.86. The lowest BCUT2D eigenvalue weighted by atomic mass is 9.84. The molecule has 16 atom stereocenters. The summed E-state index contributed by atoms with van der Waals surface area (Å²) in [5.74, 6) is 0. The molecule has 1 saturated carbocycles. The summed E-state index contributed by atoms with van der Waals surface area (Å²) in [4.78, 5) is 0. The van der Waals surface area contributed by atoms with Crippen LogP contribution < -0.4 is 28.7 Å². The molecule has 0 amide bonds. The monoisotopic (exact) mass is 541 g/mol. The van der Waals surface area contributed by atoms with Gasteiger partial charge in [-0.25, -0.2) is 0 Å². The van der Waals surface area contributed by atoms with Crippen LogP contribution in [0.5, 0.6) is 0 Å². The van der Waals surface area contributed by atoms with Crippen molar-refractivity contribution in [3.8, 4) is 0 Å². The molecule has 0 bridgehead atoms. The van der Waals surface area contributed by atoms with Gasteiger partial charge in [-0.1, -0.05) is 0 Å². The molecule has 16 heteroatoms. The van der Waals surface area contributed by atoms with E-state index in [1.807, 2.05) is 0 Å². The minimum atomic E-state index is -1.58. The van der Waals surface area contributed by atoms with Gasteiger partial charge in [-0.15, -0.1) is 0 Å². The molecule has 0 aromatic rings. The molecular formula is C21H43N5O11. The second kappa shape index (κ2) is 13.1. The number of ether oxygens (including phenoxy) is 5. The minimum absolute atomic E-state index is 0.0433. The molecule has 218 valence electrons. The molecule has 37 heavy (non-hydrogen) atoms. The van der Waals surface area contributed by atoms with E-state index in [0.29, 0.717) is 0 Å². The largest absolute Gasteiger partial charge is 0.389 e. The van der Waals surface area contributed by atoms with Gasteiger partial charge in [0.2, 0.25) is 0 Å². The molecule has 16 nitrogen and oxygen atoms in total. The topological polar surface area (TPSA) is 298 Å². The van der Waals surface area contributed by atoms with Crippen LogP contribution in [0.25, 0.3) is 0 Å². The van der Waals surface area contributed by atoms with Crippen molar-refractivity contribution in [2.45, 2.75) is 111 Å². The highest BCUT2D eigenvalue weighted by atomic mass is 16.7. The Hall–Kier alpha value is -0.640. The summed E-state index contributed by atoms with van der Waals surface area (Å²) < 4.78 is 28.4. The Kier molecular flexibility index (Phi) is 11.0. The SMILES string of the molecule is C[C@H]1O[C@H](O[C@@H]2[C@@H](O)[C@H](O[C@H]3O[C@H](CN)[C@@H](O)[C@H](O)[C@H]3N)[C@@H](N)C[C@H]2N)[C@H](O)[C@@H](O)[C@@H]1OC[C@H](O)CN. The van der Waals surface area contributed by atoms with E-state index < -0.39 is 97.8 Å². The maximum absolute atomic E-state index is 11.1. The first-order chi connectivity index (χ1) is 17.4. The molecule has 3 fully saturated rings. The van der Waals surface area contributed by atoms with Crippen molar-refractivity contribution in [1.29, 1.82) is 0 Å². The lowest BCUT2D eigenvalue weighted by molar-refractivity contribution is -0.331. The normalized spacial score (nSPS) is 50.1. The Morgan fingerprint density at radius 2 is 1.38 bits per heavy atom. The third-order valence-electron chi connectivity index (χ3n) is 7.15. The summed E-state index contributed by atoms with van der Waals surface area (Å²) in [6.45, 7) is 1.25. The van der Waals surface area contributed by atoms with Gasteiger partial charge < -0.3 is 83.0 Å². The summed E-state index contributed by atoms with van der Waals surface area (Å²) >= 11 is 0. The Morgan fingerprint density at radius 3 is 1.95 bits per heavy atom. The van der Waals surface area contributed by atoms with Crippen molar-refractivity contribution < 1.29 is 54.3 Å². The molecule has 2 aliphatic heterocycles. The van der Waals surface area contributed by atoms with Crippen molar-refractivity contribution >= 4 is 0 Å². The van der Waals surface area contributed by atoms with E-state index in [-0.39, 0.29) is 26.1 Å². The third kappa shape index (κ3) is 6.75. The van der Waals surface area contributed by atoms with Gasteiger partial charge in [0.05, 0.1) is 24.9 Å². The Labute approximate surface area is 214 Å². The highest BCUT2D eigenvalue weighted by molar-refractivity contribution is 5.01. The van der Waals surface area contributed by atoms with Crippen LogP contribution in [0.3, 0.4) is 0 Å². The molecule has 1 aliphatic carbocycles. The van der Waals surface area contributed by atoms with Crippen molar-refractivity contribution in [3.05, 3.63) is 0 Å². The van der Waals surface area contributed by atoms with Gasteiger partial charge in [-0.05, 0) is 13.3 Å². The molecule has 0 aromatic heterocycles. The highest BCUT2D eigenvalue weighted by Crippen LogP contribution is 2.31. The Balaban J connectivity index is 1.67. The van der Waals surface area contributed by atoms with Gasteiger partial charge in [0.15, 0.2) is 12.6 Å². The molecule has 3 rings (SSSR count). The van der Waals surface area contributed by atoms with Gasteiger partial charge in [0, 0.05) is 25.2 Å².